The summed E-state index contributed by atoms with van der Waals surface area (Å²) in [5.74, 6) is -0.356. The molecule has 0 saturated carbocycles. The molecule has 6 nitrogen and oxygen atoms in total. The molecule has 0 aromatic carbocycles. The Morgan fingerprint density at radius 2 is 2.04 bits per heavy atom. The summed E-state index contributed by atoms with van der Waals surface area (Å²) in [4.78, 5) is 8.09. The second-order valence-corrected chi connectivity index (χ2v) is 5.37. The largest absolute Gasteiger partial charge is 0.504 e. The number of halogens is 3. The number of nitrogens with zero attached hydrogens (tertiary/aromatic N) is 3. The van der Waals surface area contributed by atoms with E-state index in [4.69, 9.17) is 0 Å². The third-order valence-electron chi connectivity index (χ3n) is 3.33. The van der Waals surface area contributed by atoms with E-state index in [2.05, 4.69) is 15.3 Å². The Kier molecular flexibility index (Phi) is 4.38. The van der Waals surface area contributed by atoms with Gasteiger partial charge in [-0.2, -0.15) is 18.4 Å². The second-order valence-electron chi connectivity index (χ2n) is 5.37. The maximum absolute atomic E-state index is 13.2. The van der Waals surface area contributed by atoms with E-state index in [1.807, 2.05) is 19.0 Å². The van der Waals surface area contributed by atoms with Gasteiger partial charge in [-0.1, -0.05) is 0 Å². The number of H-pyrrole nitrogens is 1. The van der Waals surface area contributed by atoms with Crippen LogP contribution in [0.15, 0.2) is 0 Å². The van der Waals surface area contributed by atoms with Crippen molar-refractivity contribution in [2.24, 2.45) is 0 Å². The molecule has 9 heteroatoms. The Labute approximate surface area is 130 Å². The van der Waals surface area contributed by atoms with Crippen LogP contribution in [-0.4, -0.2) is 47.2 Å². The van der Waals surface area contributed by atoms with Gasteiger partial charge in [-0.15, -0.1) is 0 Å². The van der Waals surface area contributed by atoms with Gasteiger partial charge >= 0.3 is 6.18 Å². The molecule has 0 spiro atoms. The highest BCUT2D eigenvalue weighted by atomic mass is 19.4. The zero-order chi connectivity index (χ0) is 17.4. The van der Waals surface area contributed by atoms with Crippen LogP contribution in [0.5, 0.6) is 5.75 Å². The van der Waals surface area contributed by atoms with Gasteiger partial charge < -0.3 is 20.3 Å². The molecule has 0 saturated heterocycles. The van der Waals surface area contributed by atoms with E-state index in [1.54, 1.807) is 6.07 Å². The number of nitrogens with one attached hydrogen (secondary N) is 2. The van der Waals surface area contributed by atoms with Crippen molar-refractivity contribution in [3.8, 4) is 11.8 Å². The first-order chi connectivity index (χ1) is 10.7. The van der Waals surface area contributed by atoms with E-state index in [9.17, 15) is 23.5 Å². The Morgan fingerprint density at radius 1 is 1.39 bits per heavy atom. The molecule has 2 aromatic rings. The van der Waals surface area contributed by atoms with Crippen LogP contribution in [0.1, 0.15) is 17.0 Å². The topological polar surface area (TPSA) is 88.0 Å². The lowest BCUT2D eigenvalue weighted by Crippen LogP contribution is -2.22. The number of aryl methyl sites for hydroxylation is 1. The summed E-state index contributed by atoms with van der Waals surface area (Å²) in [5, 5.41) is 21.9. The predicted molar refractivity (Wildman–Crippen MR) is 79.3 cm³/mol. The molecule has 124 valence electrons. The maximum Gasteiger partial charge on any atom is 0.434 e. The fraction of sp³-hybridized carbons (Fsp3) is 0.429. The third kappa shape index (κ3) is 3.17. The number of aromatic nitrogens is 2. The normalized spacial score (nSPS) is 11.9. The third-order valence-corrected chi connectivity index (χ3v) is 3.33. The summed E-state index contributed by atoms with van der Waals surface area (Å²) in [7, 11) is 3.64. The smallest absolute Gasteiger partial charge is 0.434 e. The van der Waals surface area contributed by atoms with Crippen molar-refractivity contribution in [2.75, 3.05) is 32.5 Å². The highest BCUT2D eigenvalue weighted by molar-refractivity contribution is 5.96. The van der Waals surface area contributed by atoms with Crippen LogP contribution >= 0.6 is 0 Å². The number of pyridine rings is 1. The van der Waals surface area contributed by atoms with Gasteiger partial charge in [-0.05, 0) is 21.0 Å². The molecule has 0 amide bonds. The van der Waals surface area contributed by atoms with Gasteiger partial charge in [0, 0.05) is 13.1 Å². The van der Waals surface area contributed by atoms with E-state index < -0.39 is 17.4 Å². The summed E-state index contributed by atoms with van der Waals surface area (Å²) >= 11 is 0. The number of aromatic hydroxyl groups is 1. The number of alkyl halides is 3. The van der Waals surface area contributed by atoms with Crippen molar-refractivity contribution in [1.29, 1.82) is 5.26 Å². The van der Waals surface area contributed by atoms with Crippen molar-refractivity contribution in [3.63, 3.8) is 0 Å². The number of nitriles is 1. The standard InChI is InChI=1S/C14H16F3N5O/c1-7-12(23)11-10(20-7)9(19-4-5-22(2)3)8(6-18)13(21-11)14(15,16)17/h20,23H,4-5H2,1-3H3,(H,19,21). The Balaban J connectivity index is 2.69. The fourth-order valence-electron chi connectivity index (χ4n) is 2.20. The van der Waals surface area contributed by atoms with Gasteiger partial charge in [-0.25, -0.2) is 4.98 Å². The molecule has 0 radical (unpaired) electrons. The number of fused-ring (bicyclic) bond motifs is 1. The molecule has 0 fully saturated rings. The van der Waals surface area contributed by atoms with Crippen molar-refractivity contribution in [1.82, 2.24) is 14.9 Å². The van der Waals surface area contributed by atoms with E-state index >= 15 is 0 Å². The van der Waals surface area contributed by atoms with Gasteiger partial charge in [0.1, 0.15) is 17.1 Å². The highest BCUT2D eigenvalue weighted by Gasteiger charge is 2.38. The summed E-state index contributed by atoms with van der Waals surface area (Å²) in [6.07, 6.45) is -4.80. The summed E-state index contributed by atoms with van der Waals surface area (Å²) in [5.41, 5.74) is -1.65. The summed E-state index contributed by atoms with van der Waals surface area (Å²) < 4.78 is 39.6. The summed E-state index contributed by atoms with van der Waals surface area (Å²) in [6.45, 7) is 2.40. The van der Waals surface area contributed by atoms with Crippen LogP contribution in [0.25, 0.3) is 11.0 Å². The molecule has 0 aliphatic carbocycles. The minimum Gasteiger partial charge on any atom is -0.504 e. The lowest BCUT2D eigenvalue weighted by Gasteiger charge is -2.16. The van der Waals surface area contributed by atoms with Gasteiger partial charge in [0.2, 0.25) is 0 Å². The average molecular weight is 327 g/mol. The molecule has 2 heterocycles. The maximum atomic E-state index is 13.2. The van der Waals surface area contributed by atoms with Crippen molar-refractivity contribution in [2.45, 2.75) is 13.1 Å². The van der Waals surface area contributed by atoms with E-state index in [0.717, 1.165) is 0 Å². The quantitative estimate of drug-likeness (QED) is 0.803. The second kappa shape index (κ2) is 5.96. The molecule has 0 aliphatic heterocycles. The number of hydrogen-bond acceptors (Lipinski definition) is 5. The molecule has 0 aliphatic rings. The SMILES string of the molecule is Cc1[nH]c2c(NCCN(C)C)c(C#N)c(C(F)(F)F)nc2c1O. The monoisotopic (exact) mass is 327 g/mol. The van der Waals surface area contributed by atoms with Crippen LogP contribution < -0.4 is 5.32 Å². The van der Waals surface area contributed by atoms with Crippen molar-refractivity contribution < 1.29 is 18.3 Å². The lowest BCUT2D eigenvalue weighted by molar-refractivity contribution is -0.141. The van der Waals surface area contributed by atoms with E-state index in [1.165, 1.54) is 6.92 Å². The zero-order valence-electron chi connectivity index (χ0n) is 12.8. The molecule has 2 rings (SSSR count). The molecule has 23 heavy (non-hydrogen) atoms. The van der Waals surface area contributed by atoms with E-state index in [-0.39, 0.29) is 28.2 Å². The molecule has 0 atom stereocenters. The Morgan fingerprint density at radius 3 is 2.57 bits per heavy atom. The fourth-order valence-corrected chi connectivity index (χ4v) is 2.20. The number of anilines is 1. The first-order valence-electron chi connectivity index (χ1n) is 6.78. The molecule has 0 unspecified atom stereocenters. The van der Waals surface area contributed by atoms with Gasteiger partial charge in [-0.3, -0.25) is 0 Å². The minimum absolute atomic E-state index is 0.00456. The minimum atomic E-state index is -4.80. The first-order valence-corrected chi connectivity index (χ1v) is 6.78. The number of rotatable bonds is 4. The number of hydrogen-bond donors (Lipinski definition) is 3. The van der Waals surface area contributed by atoms with Crippen LogP contribution in [0.4, 0.5) is 18.9 Å². The molecule has 0 bridgehead atoms. The molecule has 2 aromatic heterocycles. The Bertz CT molecular complexity index is 774. The highest BCUT2D eigenvalue weighted by Crippen LogP contribution is 2.40. The summed E-state index contributed by atoms with van der Waals surface area (Å²) in [6, 6.07) is 1.57. The molecular weight excluding hydrogens is 311 g/mol. The number of likely N-dealkylation sites (N-methyl/N-ethyl adjacent to an activating group) is 1. The van der Waals surface area contributed by atoms with Gasteiger partial charge in [0.15, 0.2) is 11.4 Å². The van der Waals surface area contributed by atoms with Crippen LogP contribution in [-0.2, 0) is 6.18 Å². The van der Waals surface area contributed by atoms with Crippen molar-refractivity contribution >= 4 is 16.7 Å². The lowest BCUT2D eigenvalue weighted by atomic mass is 10.1. The van der Waals surface area contributed by atoms with E-state index in [0.29, 0.717) is 13.1 Å². The molecule has 3 N–H and O–H groups in total. The number of aromatic amines is 1. The Hall–Kier alpha value is -2.47. The van der Waals surface area contributed by atoms with Crippen LogP contribution in [0.3, 0.4) is 0 Å². The first kappa shape index (κ1) is 16.9. The zero-order valence-corrected chi connectivity index (χ0v) is 12.8. The van der Waals surface area contributed by atoms with Crippen molar-refractivity contribution in [3.05, 3.63) is 17.0 Å². The van der Waals surface area contributed by atoms with Gasteiger partial charge in [0.05, 0.1) is 16.9 Å². The average Bonchev–Trinajstić information content (AvgIpc) is 2.72. The molecular formula is C14H16F3N5O. The predicted octanol–water partition coefficient (Wildman–Crippen LogP) is 2.44. The van der Waals surface area contributed by atoms with Gasteiger partial charge in [0.25, 0.3) is 0 Å². The van der Waals surface area contributed by atoms with Crippen LogP contribution in [0, 0.1) is 18.3 Å². The van der Waals surface area contributed by atoms with Crippen LogP contribution in [0.2, 0.25) is 0 Å².